The average Bonchev–Trinajstić information content (AvgIpc) is 3.15. The van der Waals surface area contributed by atoms with Crippen LogP contribution >= 0.6 is 0 Å². The Labute approximate surface area is 192 Å². The van der Waals surface area contributed by atoms with Crippen molar-refractivity contribution in [3.05, 3.63) is 65.2 Å². The van der Waals surface area contributed by atoms with E-state index in [-0.39, 0.29) is 6.42 Å². The monoisotopic (exact) mass is 452 g/mol. The summed E-state index contributed by atoms with van der Waals surface area (Å²) in [5, 5.41) is 24.1. The number of nitrogens with one attached hydrogen (secondary N) is 2. The molecule has 0 aliphatic heterocycles. The van der Waals surface area contributed by atoms with Crippen LogP contribution in [0.1, 0.15) is 29.5 Å². The second-order valence-corrected chi connectivity index (χ2v) is 8.54. The largest absolute Gasteiger partial charge is 0.481 e. The molecular weight excluding hydrogens is 424 g/mol. The Hall–Kier alpha value is -3.68. The number of amides is 2. The van der Waals surface area contributed by atoms with Gasteiger partial charge in [0.05, 0.1) is 11.8 Å². The van der Waals surface area contributed by atoms with Crippen molar-refractivity contribution in [1.82, 2.24) is 5.32 Å². The number of aliphatic carboxylic acids is 2. The summed E-state index contributed by atoms with van der Waals surface area (Å²) in [4.78, 5) is 48.5. The van der Waals surface area contributed by atoms with Crippen LogP contribution in [0, 0.1) is 30.6 Å². The molecule has 174 valence electrons. The minimum absolute atomic E-state index is 0.0945. The molecule has 3 rings (SSSR count). The molecule has 4 unspecified atom stereocenters. The third-order valence-electron chi connectivity index (χ3n) is 6.28. The van der Waals surface area contributed by atoms with Crippen LogP contribution in [-0.4, -0.2) is 41.0 Å². The Bertz CT molecular complexity index is 1030. The fourth-order valence-electron chi connectivity index (χ4n) is 4.60. The van der Waals surface area contributed by atoms with Gasteiger partial charge in [0.25, 0.3) is 0 Å². The first-order chi connectivity index (χ1) is 15.7. The second-order valence-electron chi connectivity index (χ2n) is 8.54. The van der Waals surface area contributed by atoms with Gasteiger partial charge in [-0.25, -0.2) is 0 Å². The minimum Gasteiger partial charge on any atom is -0.481 e. The Kier molecular flexibility index (Phi) is 7.48. The molecule has 2 aromatic carbocycles. The topological polar surface area (TPSA) is 133 Å². The lowest BCUT2D eigenvalue weighted by molar-refractivity contribution is -0.148. The second kappa shape index (κ2) is 10.3. The highest BCUT2D eigenvalue weighted by Crippen LogP contribution is 2.44. The number of aryl methyl sites for hydroxylation is 1. The number of carbonyl (C=O) groups is 4. The van der Waals surface area contributed by atoms with Crippen molar-refractivity contribution in [1.29, 1.82) is 0 Å². The number of hydrogen-bond acceptors (Lipinski definition) is 4. The predicted octanol–water partition coefficient (Wildman–Crippen LogP) is 2.70. The number of carbonyl (C=O) groups excluding carboxylic acids is 2. The van der Waals surface area contributed by atoms with E-state index in [9.17, 15) is 29.4 Å². The molecule has 0 aromatic heterocycles. The van der Waals surface area contributed by atoms with E-state index >= 15 is 0 Å². The van der Waals surface area contributed by atoms with Gasteiger partial charge in [-0.1, -0.05) is 42.0 Å². The first-order valence-corrected chi connectivity index (χ1v) is 10.8. The fraction of sp³-hybridized carbons (Fsp3) is 0.360. The summed E-state index contributed by atoms with van der Waals surface area (Å²) in [5.41, 5.74) is 3.94. The van der Waals surface area contributed by atoms with Crippen molar-refractivity contribution in [3.63, 3.8) is 0 Å². The summed E-state index contributed by atoms with van der Waals surface area (Å²) in [6.45, 7) is 2.03. The van der Waals surface area contributed by atoms with E-state index in [2.05, 4.69) is 34.9 Å². The van der Waals surface area contributed by atoms with Gasteiger partial charge in [-0.3, -0.25) is 19.2 Å². The van der Waals surface area contributed by atoms with Crippen molar-refractivity contribution in [2.75, 3.05) is 12.4 Å². The number of benzene rings is 2. The number of hydrogen-bond donors (Lipinski definition) is 4. The molecule has 8 nitrogen and oxygen atoms in total. The molecule has 0 spiro atoms. The molecule has 8 heteroatoms. The summed E-state index contributed by atoms with van der Waals surface area (Å²) in [6.07, 6.45) is 0.185. The first kappa shape index (κ1) is 24.0. The Morgan fingerprint density at radius 3 is 1.97 bits per heavy atom. The maximum Gasteiger partial charge on any atom is 0.307 e. The van der Waals surface area contributed by atoms with Crippen LogP contribution in [-0.2, 0) is 25.6 Å². The van der Waals surface area contributed by atoms with E-state index < -0.39 is 53.8 Å². The minimum atomic E-state index is -1.21. The van der Waals surface area contributed by atoms with Crippen LogP contribution in [0.4, 0.5) is 5.69 Å². The molecule has 0 bridgehead atoms. The van der Waals surface area contributed by atoms with Gasteiger partial charge in [0, 0.05) is 25.1 Å². The van der Waals surface area contributed by atoms with Crippen LogP contribution in [0.3, 0.4) is 0 Å². The van der Waals surface area contributed by atoms with Crippen molar-refractivity contribution < 1.29 is 29.4 Å². The van der Waals surface area contributed by atoms with Crippen LogP contribution in [0.5, 0.6) is 0 Å². The van der Waals surface area contributed by atoms with Gasteiger partial charge in [0.1, 0.15) is 0 Å². The van der Waals surface area contributed by atoms with E-state index in [1.807, 2.05) is 19.1 Å². The number of carboxylic acids is 2. The molecule has 1 fully saturated rings. The lowest BCUT2D eigenvalue weighted by Crippen LogP contribution is -2.38. The molecule has 4 N–H and O–H groups in total. The van der Waals surface area contributed by atoms with Crippen molar-refractivity contribution >= 4 is 29.4 Å². The zero-order valence-electron chi connectivity index (χ0n) is 18.6. The average molecular weight is 453 g/mol. The van der Waals surface area contributed by atoms with Crippen LogP contribution < -0.4 is 10.6 Å². The molecule has 4 atom stereocenters. The Balaban J connectivity index is 1.74. The molecule has 0 saturated heterocycles. The van der Waals surface area contributed by atoms with Crippen molar-refractivity contribution in [2.24, 2.45) is 23.7 Å². The standard InChI is InChI=1S/C25H28N2O6/c1-14-3-5-15(6-4-14)11-16-7-9-17(10-8-16)27-23(30)19-12-20(25(32)33)22(24(31)26-2)18(19)13-21(28)29/h3-10,18-20,22H,11-13H2,1-2H3,(H,26,31)(H,27,30)(H,28,29)(H,32,33). The Morgan fingerprint density at radius 1 is 0.879 bits per heavy atom. The van der Waals surface area contributed by atoms with Crippen LogP contribution in [0.2, 0.25) is 0 Å². The van der Waals surface area contributed by atoms with Crippen LogP contribution in [0.15, 0.2) is 48.5 Å². The van der Waals surface area contributed by atoms with Crippen molar-refractivity contribution in [3.8, 4) is 0 Å². The van der Waals surface area contributed by atoms with E-state index in [0.29, 0.717) is 5.69 Å². The highest BCUT2D eigenvalue weighted by Gasteiger charge is 2.52. The summed E-state index contributed by atoms with van der Waals surface area (Å²) in [6, 6.07) is 15.5. The molecule has 1 aliphatic carbocycles. The third-order valence-corrected chi connectivity index (χ3v) is 6.28. The van der Waals surface area contributed by atoms with Gasteiger partial charge >= 0.3 is 11.9 Å². The lowest BCUT2D eigenvalue weighted by atomic mass is 9.83. The molecule has 1 aliphatic rings. The zero-order chi connectivity index (χ0) is 24.1. The highest BCUT2D eigenvalue weighted by atomic mass is 16.4. The van der Waals surface area contributed by atoms with Gasteiger partial charge in [0.2, 0.25) is 11.8 Å². The van der Waals surface area contributed by atoms with Gasteiger partial charge < -0.3 is 20.8 Å². The molecule has 0 heterocycles. The molecular formula is C25H28N2O6. The lowest BCUT2D eigenvalue weighted by Gasteiger charge is -2.23. The summed E-state index contributed by atoms with van der Waals surface area (Å²) in [7, 11) is 1.37. The molecule has 0 radical (unpaired) electrons. The first-order valence-electron chi connectivity index (χ1n) is 10.8. The van der Waals surface area contributed by atoms with Crippen LogP contribution in [0.25, 0.3) is 0 Å². The van der Waals surface area contributed by atoms with E-state index in [1.165, 1.54) is 18.2 Å². The van der Waals surface area contributed by atoms with Crippen molar-refractivity contribution in [2.45, 2.75) is 26.2 Å². The van der Waals surface area contributed by atoms with Gasteiger partial charge in [-0.05, 0) is 48.9 Å². The fourth-order valence-corrected chi connectivity index (χ4v) is 4.60. The number of carboxylic acid groups (broad SMARTS) is 2. The summed E-state index contributed by atoms with van der Waals surface area (Å²) in [5.74, 6) is -7.47. The highest BCUT2D eigenvalue weighted by molar-refractivity contribution is 5.96. The quantitative estimate of drug-likeness (QED) is 0.487. The molecule has 2 aromatic rings. The van der Waals surface area contributed by atoms with Gasteiger partial charge in [-0.15, -0.1) is 0 Å². The number of anilines is 1. The van der Waals surface area contributed by atoms with Gasteiger partial charge in [0.15, 0.2) is 0 Å². The number of rotatable bonds is 8. The van der Waals surface area contributed by atoms with E-state index in [0.717, 1.165) is 12.0 Å². The normalized spacial score (nSPS) is 21.9. The van der Waals surface area contributed by atoms with Gasteiger partial charge in [-0.2, -0.15) is 0 Å². The maximum absolute atomic E-state index is 13.0. The molecule has 33 heavy (non-hydrogen) atoms. The van der Waals surface area contributed by atoms with E-state index in [1.54, 1.807) is 12.1 Å². The maximum atomic E-state index is 13.0. The predicted molar refractivity (Wildman–Crippen MR) is 122 cm³/mol. The zero-order valence-corrected chi connectivity index (χ0v) is 18.6. The third kappa shape index (κ3) is 5.77. The summed E-state index contributed by atoms with van der Waals surface area (Å²) < 4.78 is 0. The summed E-state index contributed by atoms with van der Waals surface area (Å²) >= 11 is 0. The van der Waals surface area contributed by atoms with E-state index in [4.69, 9.17) is 0 Å². The Morgan fingerprint density at radius 2 is 1.45 bits per heavy atom. The smallest absolute Gasteiger partial charge is 0.307 e. The SMILES string of the molecule is CNC(=O)C1C(C(=O)O)CC(C(=O)Nc2ccc(Cc3ccc(C)cc3)cc2)C1CC(=O)O. The molecule has 2 amide bonds. The molecule has 1 saturated carbocycles.